The predicted molar refractivity (Wildman–Crippen MR) is 99.6 cm³/mol. The Balaban J connectivity index is 1.67. The van der Waals surface area contributed by atoms with Crippen molar-refractivity contribution in [2.75, 3.05) is 13.2 Å². The van der Waals surface area contributed by atoms with E-state index in [1.165, 1.54) is 35.0 Å². The maximum Gasteiger partial charge on any atom is 0.433 e. The second-order valence-corrected chi connectivity index (χ2v) is 6.76. The zero-order chi connectivity index (χ0) is 22.8. The third kappa shape index (κ3) is 5.18. The Bertz CT molecular complexity index is 1040. The first kappa shape index (κ1) is 21.8. The number of alkyl halides is 3. The lowest BCUT2D eigenvalue weighted by Crippen LogP contribution is -2.52. The van der Waals surface area contributed by atoms with Crippen LogP contribution in [0.2, 0.25) is 0 Å². The molecule has 0 saturated heterocycles. The number of amides is 2. The van der Waals surface area contributed by atoms with Gasteiger partial charge in [0.1, 0.15) is 23.0 Å². The van der Waals surface area contributed by atoms with Crippen LogP contribution in [0.15, 0.2) is 42.2 Å². The Hall–Kier alpha value is -3.90. The van der Waals surface area contributed by atoms with E-state index in [1.807, 2.05) is 0 Å². The molecule has 164 valence electrons. The molecule has 2 aromatic rings. The highest BCUT2D eigenvalue weighted by Crippen LogP contribution is 2.27. The van der Waals surface area contributed by atoms with Crippen molar-refractivity contribution in [3.8, 4) is 0 Å². The number of pyridine rings is 1. The van der Waals surface area contributed by atoms with Gasteiger partial charge in [0, 0.05) is 12.4 Å². The van der Waals surface area contributed by atoms with E-state index in [1.54, 1.807) is 0 Å². The summed E-state index contributed by atoms with van der Waals surface area (Å²) >= 11 is 0. The summed E-state index contributed by atoms with van der Waals surface area (Å²) in [6.07, 6.45) is -0.862. The van der Waals surface area contributed by atoms with E-state index in [9.17, 15) is 27.6 Å². The summed E-state index contributed by atoms with van der Waals surface area (Å²) in [5.41, 5.74) is 5.09. The average molecular weight is 437 g/mol. The molecule has 0 spiro atoms. The van der Waals surface area contributed by atoms with Crippen LogP contribution in [-0.4, -0.2) is 50.5 Å². The molecule has 2 aromatic heterocycles. The predicted octanol–water partition coefficient (Wildman–Crippen LogP) is 0.181. The zero-order valence-corrected chi connectivity index (χ0v) is 16.2. The standard InChI is InChI=1S/C18H18F3N7O3/c1-10(29)6-27-9-24-15(22)14(17(27)31)26-16(30)12-5-25-28(8-12)7-11-2-3-13(23-4-11)18(19,20)21/h2-5,8,24H,6-7,9,22H2,1H3,(H,26,30). The normalized spacial score (nSPS) is 14.5. The summed E-state index contributed by atoms with van der Waals surface area (Å²) in [6, 6.07) is 2.12. The number of carbonyl (C=O) groups is 3. The molecule has 2 amide bonds. The molecule has 0 unspecified atom stereocenters. The highest BCUT2D eigenvalue weighted by atomic mass is 19.4. The smallest absolute Gasteiger partial charge is 0.384 e. The van der Waals surface area contributed by atoms with Crippen molar-refractivity contribution in [2.24, 2.45) is 5.73 Å². The number of halogens is 3. The van der Waals surface area contributed by atoms with Gasteiger partial charge < -0.3 is 21.3 Å². The van der Waals surface area contributed by atoms with Crippen LogP contribution in [0.3, 0.4) is 0 Å². The van der Waals surface area contributed by atoms with E-state index in [0.29, 0.717) is 5.56 Å². The van der Waals surface area contributed by atoms with Crippen molar-refractivity contribution >= 4 is 17.6 Å². The van der Waals surface area contributed by atoms with E-state index in [2.05, 4.69) is 20.7 Å². The first-order valence-corrected chi connectivity index (χ1v) is 8.93. The Kier molecular flexibility index (Phi) is 5.95. The summed E-state index contributed by atoms with van der Waals surface area (Å²) in [5.74, 6) is -1.56. The molecule has 0 fully saturated rings. The van der Waals surface area contributed by atoms with Crippen LogP contribution in [0.4, 0.5) is 13.2 Å². The fourth-order valence-electron chi connectivity index (χ4n) is 2.76. The number of Topliss-reactive ketones (excluding diaryl/α,β-unsaturated/α-hetero) is 1. The monoisotopic (exact) mass is 437 g/mol. The fraction of sp³-hybridized carbons (Fsp3) is 0.278. The number of rotatable bonds is 6. The lowest BCUT2D eigenvalue weighted by Gasteiger charge is -2.29. The number of nitrogens with one attached hydrogen (secondary N) is 2. The summed E-state index contributed by atoms with van der Waals surface area (Å²) in [7, 11) is 0. The van der Waals surface area contributed by atoms with Crippen molar-refractivity contribution in [3.63, 3.8) is 0 Å². The largest absolute Gasteiger partial charge is 0.433 e. The molecule has 1 aliphatic heterocycles. The minimum absolute atomic E-state index is 0.0305. The molecule has 4 N–H and O–H groups in total. The van der Waals surface area contributed by atoms with Gasteiger partial charge in [0.05, 0.1) is 31.5 Å². The second-order valence-electron chi connectivity index (χ2n) is 6.76. The van der Waals surface area contributed by atoms with Gasteiger partial charge in [-0.2, -0.15) is 18.3 Å². The van der Waals surface area contributed by atoms with Gasteiger partial charge in [0.2, 0.25) is 0 Å². The molecule has 3 heterocycles. The second kappa shape index (κ2) is 8.45. The first-order valence-electron chi connectivity index (χ1n) is 8.93. The van der Waals surface area contributed by atoms with Crippen LogP contribution in [0, 0.1) is 0 Å². The molecule has 0 saturated carbocycles. The lowest BCUT2D eigenvalue weighted by molar-refractivity contribution is -0.141. The molecule has 0 aromatic carbocycles. The number of hydrogen-bond acceptors (Lipinski definition) is 7. The summed E-state index contributed by atoms with van der Waals surface area (Å²) in [6.45, 7) is 1.30. The summed E-state index contributed by atoms with van der Waals surface area (Å²) in [5, 5.41) is 9.11. The Morgan fingerprint density at radius 2 is 2.03 bits per heavy atom. The van der Waals surface area contributed by atoms with E-state index in [4.69, 9.17) is 5.73 Å². The van der Waals surface area contributed by atoms with Gasteiger partial charge in [-0.1, -0.05) is 6.07 Å². The van der Waals surface area contributed by atoms with Crippen molar-refractivity contribution in [3.05, 3.63) is 59.1 Å². The van der Waals surface area contributed by atoms with Gasteiger partial charge in [-0.05, 0) is 18.6 Å². The third-order valence-electron chi connectivity index (χ3n) is 4.24. The number of hydrogen-bond donors (Lipinski definition) is 3. The van der Waals surface area contributed by atoms with Crippen LogP contribution < -0.4 is 16.4 Å². The van der Waals surface area contributed by atoms with Crippen LogP contribution >= 0.6 is 0 Å². The van der Waals surface area contributed by atoms with E-state index in [-0.39, 0.29) is 42.6 Å². The Morgan fingerprint density at radius 1 is 1.29 bits per heavy atom. The highest BCUT2D eigenvalue weighted by molar-refractivity contribution is 6.04. The van der Waals surface area contributed by atoms with Crippen LogP contribution in [-0.2, 0) is 22.3 Å². The highest BCUT2D eigenvalue weighted by Gasteiger charge is 2.32. The van der Waals surface area contributed by atoms with Crippen molar-refractivity contribution in [1.29, 1.82) is 0 Å². The SMILES string of the molecule is CC(=O)CN1CNC(N)=C(NC(=O)c2cnn(Cc3ccc(C(F)(F)F)nc3)c2)C1=O. The van der Waals surface area contributed by atoms with E-state index < -0.39 is 23.7 Å². The third-order valence-corrected chi connectivity index (χ3v) is 4.24. The topological polar surface area (TPSA) is 135 Å². The van der Waals surface area contributed by atoms with E-state index in [0.717, 1.165) is 12.3 Å². The van der Waals surface area contributed by atoms with Crippen molar-refractivity contribution in [1.82, 2.24) is 30.3 Å². The minimum Gasteiger partial charge on any atom is -0.384 e. The van der Waals surface area contributed by atoms with Crippen LogP contribution in [0.5, 0.6) is 0 Å². The molecule has 3 rings (SSSR count). The quantitative estimate of drug-likeness (QED) is 0.587. The molecular formula is C18H18F3N7O3. The van der Waals surface area contributed by atoms with Gasteiger partial charge in [0.15, 0.2) is 0 Å². The maximum atomic E-state index is 12.6. The van der Waals surface area contributed by atoms with E-state index >= 15 is 0 Å². The van der Waals surface area contributed by atoms with Crippen molar-refractivity contribution in [2.45, 2.75) is 19.6 Å². The molecular weight excluding hydrogens is 419 g/mol. The lowest BCUT2D eigenvalue weighted by atomic mass is 10.2. The molecule has 0 bridgehead atoms. The van der Waals surface area contributed by atoms with Crippen molar-refractivity contribution < 1.29 is 27.6 Å². The molecule has 10 nitrogen and oxygen atoms in total. The number of nitrogens with zero attached hydrogens (tertiary/aromatic N) is 4. The van der Waals surface area contributed by atoms with Gasteiger partial charge in [-0.3, -0.25) is 24.0 Å². The number of ketones is 1. The average Bonchev–Trinajstić information content (AvgIpc) is 3.15. The molecule has 31 heavy (non-hydrogen) atoms. The molecule has 13 heteroatoms. The first-order chi connectivity index (χ1) is 14.5. The molecule has 0 atom stereocenters. The Labute approximate surface area is 173 Å². The number of nitrogens with two attached hydrogens (primary N) is 1. The fourth-order valence-corrected chi connectivity index (χ4v) is 2.76. The molecule has 0 aliphatic carbocycles. The van der Waals surface area contributed by atoms with Crippen LogP contribution in [0.1, 0.15) is 28.5 Å². The Morgan fingerprint density at radius 3 is 2.65 bits per heavy atom. The minimum atomic E-state index is -4.53. The number of carbonyl (C=O) groups excluding carboxylic acids is 3. The van der Waals surface area contributed by atoms with Gasteiger partial charge in [-0.25, -0.2) is 0 Å². The van der Waals surface area contributed by atoms with Gasteiger partial charge in [0.25, 0.3) is 11.8 Å². The summed E-state index contributed by atoms with van der Waals surface area (Å²) in [4.78, 5) is 40.8. The summed E-state index contributed by atoms with van der Waals surface area (Å²) < 4.78 is 39.1. The van der Waals surface area contributed by atoms with Crippen LogP contribution in [0.25, 0.3) is 0 Å². The molecule has 0 radical (unpaired) electrons. The van der Waals surface area contributed by atoms with Gasteiger partial charge in [-0.15, -0.1) is 0 Å². The molecule has 1 aliphatic rings. The maximum absolute atomic E-state index is 12.6. The number of aromatic nitrogens is 3. The van der Waals surface area contributed by atoms with Gasteiger partial charge >= 0.3 is 6.18 Å². The zero-order valence-electron chi connectivity index (χ0n) is 16.2.